The minimum Gasteiger partial charge on any atom is -0.489 e. The van der Waals surface area contributed by atoms with E-state index in [4.69, 9.17) is 10.5 Å². The third-order valence-electron chi connectivity index (χ3n) is 6.56. The van der Waals surface area contributed by atoms with E-state index in [1.165, 1.54) is 12.1 Å². The Morgan fingerprint density at radius 2 is 1.81 bits per heavy atom. The van der Waals surface area contributed by atoms with Crippen LogP contribution in [-0.2, 0) is 14.6 Å². The molecule has 2 bridgehead atoms. The van der Waals surface area contributed by atoms with Gasteiger partial charge in [-0.3, -0.25) is 4.79 Å². The Kier molecular flexibility index (Phi) is 6.54. The van der Waals surface area contributed by atoms with Crippen LogP contribution >= 0.6 is 0 Å². The van der Waals surface area contributed by atoms with E-state index < -0.39 is 15.3 Å². The average Bonchev–Trinajstić information content (AvgIpc) is 3.22. The topological polar surface area (TPSA) is 98.5 Å². The summed E-state index contributed by atoms with van der Waals surface area (Å²) >= 11 is 0. The third kappa shape index (κ3) is 5.29. The molecule has 8 heteroatoms. The lowest BCUT2D eigenvalue weighted by molar-refractivity contribution is -0.130. The predicted molar refractivity (Wildman–Crippen MR) is 118 cm³/mol. The van der Waals surface area contributed by atoms with Crippen molar-refractivity contribution in [1.29, 1.82) is 0 Å². The molecule has 2 aliphatic rings. The number of carbonyl (C=O) groups is 1. The van der Waals surface area contributed by atoms with Crippen LogP contribution < -0.4 is 15.8 Å². The molecule has 1 aromatic carbocycles. The van der Waals surface area contributed by atoms with Crippen molar-refractivity contribution in [1.82, 2.24) is 5.32 Å². The first kappa shape index (κ1) is 23.7. The highest BCUT2D eigenvalue weighted by atomic mass is 32.2. The first-order valence-electron chi connectivity index (χ1n) is 10.7. The normalized spacial score (nSPS) is 26.2. The lowest BCUT2D eigenvalue weighted by atomic mass is 9.85. The molecule has 172 valence electrons. The van der Waals surface area contributed by atoms with Gasteiger partial charge in [0.15, 0.2) is 9.84 Å². The quantitative estimate of drug-likeness (QED) is 0.629. The van der Waals surface area contributed by atoms with Gasteiger partial charge in [0.05, 0.1) is 17.0 Å². The van der Waals surface area contributed by atoms with Gasteiger partial charge in [0, 0.05) is 23.1 Å². The Bertz CT molecular complexity index is 941. The maximum atomic E-state index is 13.1. The number of nitrogens with two attached hydrogens (primary N) is 1. The highest BCUT2D eigenvalue weighted by Gasteiger charge is 2.56. The van der Waals surface area contributed by atoms with Gasteiger partial charge in [-0.25, -0.2) is 12.8 Å². The second kappa shape index (κ2) is 8.54. The molecule has 0 radical (unpaired) electrons. The number of hydrogen-bond acceptors (Lipinski definition) is 5. The fraction of sp³-hybridized carbons (Fsp3) is 0.609. The summed E-state index contributed by atoms with van der Waals surface area (Å²) < 4.78 is 44.3. The van der Waals surface area contributed by atoms with Crippen LogP contribution in [0.5, 0.6) is 5.75 Å². The molecule has 0 aromatic heterocycles. The van der Waals surface area contributed by atoms with Crippen LogP contribution in [0.1, 0.15) is 52.9 Å². The van der Waals surface area contributed by atoms with E-state index in [0.29, 0.717) is 24.1 Å². The van der Waals surface area contributed by atoms with E-state index in [1.807, 2.05) is 20.8 Å². The molecule has 31 heavy (non-hydrogen) atoms. The molecule has 6 nitrogen and oxygen atoms in total. The van der Waals surface area contributed by atoms with Gasteiger partial charge in [-0.05, 0) is 61.8 Å². The maximum absolute atomic E-state index is 13.1. The smallest absolute Gasteiger partial charge is 0.225 e. The highest BCUT2D eigenvalue weighted by Crippen LogP contribution is 2.57. The molecule has 0 unspecified atom stereocenters. The number of ether oxygens (including phenoxy) is 1. The van der Waals surface area contributed by atoms with Gasteiger partial charge in [0.2, 0.25) is 5.91 Å². The summed E-state index contributed by atoms with van der Waals surface area (Å²) in [5, 5.41) is 3.22. The zero-order valence-corrected chi connectivity index (χ0v) is 19.4. The standard InChI is InChI=1S/C23H33FN2O4S/c1-21(2,3)20(27)26-23-10-8-22(15-23,9-11-23)16-31(28,29)19-6-4-18(5-7-19)30-14-17(12-24)13-25/h4-7,12H,8-11,13-16,25H2,1-3H3,(H,26,27)/b17-12+. The molecule has 1 amide bonds. The molecule has 3 N–H and O–H groups in total. The van der Waals surface area contributed by atoms with Gasteiger partial charge < -0.3 is 15.8 Å². The Morgan fingerprint density at radius 1 is 1.19 bits per heavy atom. The summed E-state index contributed by atoms with van der Waals surface area (Å²) in [5.74, 6) is 0.550. The summed E-state index contributed by atoms with van der Waals surface area (Å²) in [4.78, 5) is 12.8. The number of carbonyl (C=O) groups excluding carboxylic acids is 1. The number of amides is 1. The fourth-order valence-electron chi connectivity index (χ4n) is 4.66. The third-order valence-corrected chi connectivity index (χ3v) is 8.54. The zero-order valence-electron chi connectivity index (χ0n) is 18.5. The summed E-state index contributed by atoms with van der Waals surface area (Å²) in [6.07, 6.45) is 4.38. The lowest BCUT2D eigenvalue weighted by Gasteiger charge is -2.31. The number of sulfone groups is 1. The second-order valence-corrected chi connectivity index (χ2v) is 12.1. The molecule has 0 saturated heterocycles. The van der Waals surface area contributed by atoms with E-state index in [9.17, 15) is 17.6 Å². The lowest BCUT2D eigenvalue weighted by Crippen LogP contribution is -2.49. The van der Waals surface area contributed by atoms with Gasteiger partial charge in [0.1, 0.15) is 12.4 Å². The van der Waals surface area contributed by atoms with Gasteiger partial charge in [0.25, 0.3) is 0 Å². The van der Waals surface area contributed by atoms with E-state index in [-0.39, 0.29) is 40.7 Å². The number of halogens is 1. The van der Waals surface area contributed by atoms with Crippen LogP contribution in [0.2, 0.25) is 0 Å². The number of rotatable bonds is 8. The van der Waals surface area contributed by atoms with E-state index >= 15 is 0 Å². The minimum atomic E-state index is -3.49. The van der Waals surface area contributed by atoms with Crippen molar-refractivity contribution in [2.24, 2.45) is 16.6 Å². The molecule has 2 saturated carbocycles. The molecular formula is C23H33FN2O4S. The zero-order chi connectivity index (χ0) is 22.9. The van der Waals surface area contributed by atoms with Crippen LogP contribution in [0.15, 0.2) is 41.1 Å². The summed E-state index contributed by atoms with van der Waals surface area (Å²) in [7, 11) is -3.49. The van der Waals surface area contributed by atoms with Crippen LogP contribution in [0.4, 0.5) is 4.39 Å². The van der Waals surface area contributed by atoms with Crippen LogP contribution in [0.25, 0.3) is 0 Å². The second-order valence-electron chi connectivity index (χ2n) is 10.2. The monoisotopic (exact) mass is 452 g/mol. The molecule has 0 heterocycles. The van der Waals surface area contributed by atoms with Crippen molar-refractivity contribution in [3.05, 3.63) is 36.2 Å². The average molecular weight is 453 g/mol. The van der Waals surface area contributed by atoms with Crippen molar-refractivity contribution < 1.29 is 22.3 Å². The molecule has 0 atom stereocenters. The summed E-state index contributed by atoms with van der Waals surface area (Å²) in [5.41, 5.74) is 4.69. The Morgan fingerprint density at radius 3 is 2.32 bits per heavy atom. The first-order valence-corrected chi connectivity index (χ1v) is 12.3. The SMILES string of the molecule is CC(C)(C)C(=O)NC12CCC(CS(=O)(=O)c3ccc(OC/C(=C/F)CN)cc3)(CC1)C2. The van der Waals surface area contributed by atoms with Gasteiger partial charge in [-0.15, -0.1) is 0 Å². The van der Waals surface area contributed by atoms with Crippen molar-refractivity contribution in [2.45, 2.75) is 63.3 Å². The number of benzene rings is 1. The first-order chi connectivity index (χ1) is 14.4. The number of fused-ring (bicyclic) bond motifs is 2. The fourth-order valence-corrected chi connectivity index (χ4v) is 6.58. The number of nitrogens with one attached hydrogen (secondary N) is 1. The molecule has 2 fully saturated rings. The van der Waals surface area contributed by atoms with Crippen LogP contribution in [0.3, 0.4) is 0 Å². The van der Waals surface area contributed by atoms with Crippen molar-refractivity contribution in [3.8, 4) is 5.75 Å². The van der Waals surface area contributed by atoms with Gasteiger partial charge in [-0.1, -0.05) is 20.8 Å². The minimum absolute atomic E-state index is 0.0176. The molecule has 0 spiro atoms. The highest BCUT2D eigenvalue weighted by molar-refractivity contribution is 7.91. The Hall–Kier alpha value is -1.93. The Labute approximate surface area is 184 Å². The van der Waals surface area contributed by atoms with Crippen LogP contribution in [-0.4, -0.2) is 38.8 Å². The Balaban J connectivity index is 1.66. The van der Waals surface area contributed by atoms with Crippen molar-refractivity contribution in [2.75, 3.05) is 18.9 Å². The van der Waals surface area contributed by atoms with Crippen molar-refractivity contribution in [3.63, 3.8) is 0 Å². The molecule has 0 aliphatic heterocycles. The van der Waals surface area contributed by atoms with Crippen molar-refractivity contribution >= 4 is 15.7 Å². The predicted octanol–water partition coefficient (Wildman–Crippen LogP) is 3.52. The van der Waals surface area contributed by atoms with E-state index in [2.05, 4.69) is 5.32 Å². The largest absolute Gasteiger partial charge is 0.489 e. The molecule has 3 rings (SSSR count). The van der Waals surface area contributed by atoms with Gasteiger partial charge in [-0.2, -0.15) is 0 Å². The van der Waals surface area contributed by atoms with Gasteiger partial charge >= 0.3 is 0 Å². The molecular weight excluding hydrogens is 419 g/mol. The van der Waals surface area contributed by atoms with E-state index in [0.717, 1.165) is 25.7 Å². The number of hydrogen-bond donors (Lipinski definition) is 2. The summed E-state index contributed by atoms with van der Waals surface area (Å²) in [6.45, 7) is 5.74. The molecule has 1 aromatic rings. The van der Waals surface area contributed by atoms with Crippen LogP contribution in [0, 0.1) is 10.8 Å². The van der Waals surface area contributed by atoms with E-state index in [1.54, 1.807) is 12.1 Å². The summed E-state index contributed by atoms with van der Waals surface area (Å²) in [6, 6.07) is 6.21. The molecule has 2 aliphatic carbocycles. The maximum Gasteiger partial charge on any atom is 0.225 e.